The third-order valence-corrected chi connectivity index (χ3v) is 4.71. The minimum Gasteiger partial charge on any atom is -0.365 e. The van der Waals surface area contributed by atoms with Crippen LogP contribution in [0.15, 0.2) is 47.6 Å². The normalized spacial score (nSPS) is 10.6. The Hall–Kier alpha value is -3.40. The van der Waals surface area contributed by atoms with Crippen LogP contribution in [-0.4, -0.2) is 50.6 Å². The molecule has 0 aliphatic rings. The van der Waals surface area contributed by atoms with Gasteiger partial charge in [0.05, 0.1) is 11.9 Å². The number of benzene rings is 1. The molecule has 0 aliphatic carbocycles. The second-order valence-corrected chi connectivity index (χ2v) is 6.69. The summed E-state index contributed by atoms with van der Waals surface area (Å²) in [6.45, 7) is 0. The smallest absolute Gasteiger partial charge is 0.286 e. The van der Waals surface area contributed by atoms with Crippen molar-refractivity contribution in [2.24, 2.45) is 5.73 Å². The van der Waals surface area contributed by atoms with Gasteiger partial charge < -0.3 is 16.0 Å². The molecule has 0 bridgehead atoms. The Kier molecular flexibility index (Phi) is 5.08. The van der Waals surface area contributed by atoms with E-state index >= 15 is 0 Å². The van der Waals surface area contributed by atoms with E-state index in [1.165, 1.54) is 27.9 Å². The van der Waals surface area contributed by atoms with Gasteiger partial charge in [0, 0.05) is 25.2 Å². The van der Waals surface area contributed by atoms with Gasteiger partial charge in [-0.05, 0) is 30.0 Å². The van der Waals surface area contributed by atoms with Crippen molar-refractivity contribution in [2.45, 2.75) is 4.90 Å². The summed E-state index contributed by atoms with van der Waals surface area (Å²) in [6.07, 6.45) is 2.66. The van der Waals surface area contributed by atoms with E-state index in [-0.39, 0.29) is 22.1 Å². The van der Waals surface area contributed by atoms with Crippen LogP contribution < -0.4 is 11.1 Å². The summed E-state index contributed by atoms with van der Waals surface area (Å²) in [7, 11) is 3.30. The molecule has 3 aromatic rings. The number of fused-ring (bicyclic) bond motifs is 1. The lowest BCUT2D eigenvalue weighted by Gasteiger charge is -2.13. The highest BCUT2D eigenvalue weighted by atomic mass is 32.2. The number of nitrogens with zero attached hydrogens (tertiary/aromatic N) is 4. The zero-order valence-electron chi connectivity index (χ0n) is 14.5. The van der Waals surface area contributed by atoms with Crippen LogP contribution in [0.1, 0.15) is 20.8 Å². The molecule has 3 N–H and O–H groups in total. The molecular formula is C17H16N6O3S. The molecule has 27 heavy (non-hydrogen) atoms. The van der Waals surface area contributed by atoms with Crippen molar-refractivity contribution in [1.82, 2.24) is 19.5 Å². The predicted molar refractivity (Wildman–Crippen MR) is 101 cm³/mol. The highest BCUT2D eigenvalue weighted by Crippen LogP contribution is 2.29. The Morgan fingerprint density at radius 3 is 2.63 bits per heavy atom. The molecule has 2 heterocycles. The van der Waals surface area contributed by atoms with E-state index in [9.17, 15) is 14.4 Å². The minimum absolute atomic E-state index is 0.122. The van der Waals surface area contributed by atoms with Gasteiger partial charge in [0.1, 0.15) is 11.3 Å². The van der Waals surface area contributed by atoms with E-state index in [2.05, 4.69) is 15.4 Å². The second-order valence-electron chi connectivity index (χ2n) is 5.70. The van der Waals surface area contributed by atoms with Crippen molar-refractivity contribution in [3.8, 4) is 0 Å². The molecule has 3 amide bonds. The average molecular weight is 384 g/mol. The summed E-state index contributed by atoms with van der Waals surface area (Å²) < 4.78 is 1.25. The standard InChI is InChI=1S/C17H16N6O3S/c1-22(2)17(26)27-13-6-4-3-5-11(13)21-16(25)12-7-8-19-15-10(14(18)24)9-20-23(12)15/h3-9H,1-2H3,(H2,18,24)(H,21,25). The number of nitrogens with two attached hydrogens (primary N) is 1. The molecule has 0 unspecified atom stereocenters. The van der Waals surface area contributed by atoms with Crippen LogP contribution in [0.2, 0.25) is 0 Å². The van der Waals surface area contributed by atoms with Gasteiger partial charge in [0.25, 0.3) is 17.1 Å². The van der Waals surface area contributed by atoms with Crippen molar-refractivity contribution >= 4 is 40.2 Å². The van der Waals surface area contributed by atoms with Crippen molar-refractivity contribution in [3.63, 3.8) is 0 Å². The van der Waals surface area contributed by atoms with Gasteiger partial charge in [0.2, 0.25) is 0 Å². The Morgan fingerprint density at radius 2 is 1.93 bits per heavy atom. The summed E-state index contributed by atoms with van der Waals surface area (Å²) in [6, 6.07) is 8.43. The number of primary amides is 1. The molecule has 0 fully saturated rings. The first-order valence-electron chi connectivity index (χ1n) is 7.80. The summed E-state index contributed by atoms with van der Waals surface area (Å²) >= 11 is 1.00. The van der Waals surface area contributed by atoms with Crippen LogP contribution in [0.4, 0.5) is 10.5 Å². The monoisotopic (exact) mass is 384 g/mol. The summed E-state index contributed by atoms with van der Waals surface area (Å²) in [5.74, 6) is -1.15. The number of aromatic nitrogens is 3. The number of rotatable bonds is 4. The first-order chi connectivity index (χ1) is 12.9. The van der Waals surface area contributed by atoms with Crippen LogP contribution in [0.5, 0.6) is 0 Å². The highest BCUT2D eigenvalue weighted by molar-refractivity contribution is 8.13. The quantitative estimate of drug-likeness (QED) is 0.662. The van der Waals surface area contributed by atoms with Gasteiger partial charge in [-0.3, -0.25) is 14.4 Å². The fraction of sp³-hybridized carbons (Fsp3) is 0.118. The molecule has 9 nitrogen and oxygen atoms in total. The van der Waals surface area contributed by atoms with Crippen LogP contribution in [0.3, 0.4) is 0 Å². The first-order valence-corrected chi connectivity index (χ1v) is 8.62. The van der Waals surface area contributed by atoms with Crippen LogP contribution >= 0.6 is 11.8 Å². The second kappa shape index (κ2) is 7.46. The molecule has 0 atom stereocenters. The van der Waals surface area contributed by atoms with Crippen molar-refractivity contribution in [1.29, 1.82) is 0 Å². The topological polar surface area (TPSA) is 123 Å². The molecule has 0 spiro atoms. The van der Waals surface area contributed by atoms with E-state index in [1.54, 1.807) is 38.4 Å². The number of anilines is 1. The Morgan fingerprint density at radius 1 is 1.19 bits per heavy atom. The van der Waals surface area contributed by atoms with E-state index in [0.29, 0.717) is 10.6 Å². The largest absolute Gasteiger partial charge is 0.365 e. The molecule has 1 aromatic carbocycles. The molecule has 0 saturated heterocycles. The minimum atomic E-state index is -0.681. The fourth-order valence-electron chi connectivity index (χ4n) is 2.27. The lowest BCUT2D eigenvalue weighted by atomic mass is 10.3. The molecule has 0 radical (unpaired) electrons. The molecule has 10 heteroatoms. The zero-order chi connectivity index (χ0) is 19.6. The third kappa shape index (κ3) is 3.75. The predicted octanol–water partition coefficient (Wildman–Crippen LogP) is 1.85. The summed E-state index contributed by atoms with van der Waals surface area (Å²) in [5.41, 5.74) is 6.26. The first kappa shape index (κ1) is 18.4. The van der Waals surface area contributed by atoms with Crippen molar-refractivity contribution < 1.29 is 14.4 Å². The number of carbonyl (C=O) groups is 3. The van der Waals surface area contributed by atoms with Crippen LogP contribution in [0, 0.1) is 0 Å². The third-order valence-electron chi connectivity index (χ3n) is 3.60. The van der Waals surface area contributed by atoms with E-state index in [0.717, 1.165) is 11.8 Å². The highest BCUT2D eigenvalue weighted by Gasteiger charge is 2.18. The number of carbonyl (C=O) groups excluding carboxylic acids is 3. The molecule has 3 rings (SSSR count). The summed E-state index contributed by atoms with van der Waals surface area (Å²) in [4.78, 5) is 42.3. The molecular weight excluding hydrogens is 368 g/mol. The number of nitrogens with one attached hydrogen (secondary N) is 1. The number of thioether (sulfide) groups is 1. The van der Waals surface area contributed by atoms with E-state index < -0.39 is 11.8 Å². The Balaban J connectivity index is 1.92. The van der Waals surface area contributed by atoms with E-state index in [4.69, 9.17) is 5.73 Å². The summed E-state index contributed by atoms with van der Waals surface area (Å²) in [5, 5.41) is 6.62. The van der Waals surface area contributed by atoms with Gasteiger partial charge in [-0.1, -0.05) is 12.1 Å². The van der Waals surface area contributed by atoms with Crippen molar-refractivity contribution in [3.05, 3.63) is 54.0 Å². The van der Waals surface area contributed by atoms with Crippen LogP contribution in [0.25, 0.3) is 5.65 Å². The number of hydrogen-bond acceptors (Lipinski definition) is 6. The maximum atomic E-state index is 12.8. The van der Waals surface area contributed by atoms with Gasteiger partial charge in [-0.15, -0.1) is 0 Å². The SMILES string of the molecule is CN(C)C(=O)Sc1ccccc1NC(=O)c1ccnc2c(C(N)=O)cnn12. The number of para-hydroxylation sites is 1. The maximum Gasteiger partial charge on any atom is 0.286 e. The van der Waals surface area contributed by atoms with Gasteiger partial charge >= 0.3 is 0 Å². The molecule has 138 valence electrons. The number of amides is 3. The Bertz CT molecular complexity index is 1050. The molecule has 0 saturated carbocycles. The van der Waals surface area contributed by atoms with Crippen LogP contribution in [-0.2, 0) is 0 Å². The van der Waals surface area contributed by atoms with Gasteiger partial charge in [-0.2, -0.15) is 5.10 Å². The van der Waals surface area contributed by atoms with E-state index in [1.807, 2.05) is 0 Å². The van der Waals surface area contributed by atoms with Gasteiger partial charge in [0.15, 0.2) is 5.65 Å². The molecule has 2 aromatic heterocycles. The van der Waals surface area contributed by atoms with Gasteiger partial charge in [-0.25, -0.2) is 9.50 Å². The zero-order valence-corrected chi connectivity index (χ0v) is 15.4. The fourth-order valence-corrected chi connectivity index (χ4v) is 3.01. The lowest BCUT2D eigenvalue weighted by molar-refractivity contribution is 0.0996. The average Bonchev–Trinajstić information content (AvgIpc) is 3.07. The Labute approximate surface area is 158 Å². The lowest BCUT2D eigenvalue weighted by Crippen LogP contribution is -2.19. The maximum absolute atomic E-state index is 12.8. The number of hydrogen-bond donors (Lipinski definition) is 2. The van der Waals surface area contributed by atoms with Crippen molar-refractivity contribution in [2.75, 3.05) is 19.4 Å². The molecule has 0 aliphatic heterocycles.